The van der Waals surface area contributed by atoms with Crippen LogP contribution >= 0.6 is 0 Å². The van der Waals surface area contributed by atoms with Crippen LogP contribution < -0.4 is 5.32 Å². The molecule has 1 aliphatic heterocycles. The van der Waals surface area contributed by atoms with Gasteiger partial charge in [-0.05, 0) is 36.4 Å². The number of sulfonamides is 1. The zero-order chi connectivity index (χ0) is 19.4. The van der Waals surface area contributed by atoms with Crippen molar-refractivity contribution in [2.24, 2.45) is 0 Å². The number of nitrogens with zero attached hydrogens (tertiary/aromatic N) is 1. The minimum Gasteiger partial charge on any atom is -0.478 e. The van der Waals surface area contributed by atoms with Crippen molar-refractivity contribution in [2.45, 2.75) is 4.90 Å². The third-order valence-corrected chi connectivity index (χ3v) is 6.07. The van der Waals surface area contributed by atoms with Gasteiger partial charge in [-0.15, -0.1) is 0 Å². The van der Waals surface area contributed by atoms with Gasteiger partial charge in [-0.1, -0.05) is 12.1 Å². The van der Waals surface area contributed by atoms with Crippen LogP contribution in [-0.2, 0) is 14.8 Å². The van der Waals surface area contributed by atoms with Crippen molar-refractivity contribution in [1.29, 1.82) is 0 Å². The first kappa shape index (κ1) is 19.0. The molecule has 1 aliphatic rings. The molecular weight excluding hydrogens is 372 g/mol. The molecule has 3 rings (SSSR count). The second kappa shape index (κ2) is 7.87. The van der Waals surface area contributed by atoms with E-state index in [0.717, 1.165) is 0 Å². The van der Waals surface area contributed by atoms with E-state index in [1.807, 2.05) is 0 Å². The number of aromatic carboxylic acids is 1. The average molecular weight is 390 g/mol. The topological polar surface area (TPSA) is 113 Å². The maximum absolute atomic E-state index is 12.9. The van der Waals surface area contributed by atoms with Crippen molar-refractivity contribution in [3.05, 3.63) is 59.7 Å². The fourth-order valence-corrected chi connectivity index (χ4v) is 4.24. The average Bonchev–Trinajstić information content (AvgIpc) is 2.69. The monoisotopic (exact) mass is 390 g/mol. The summed E-state index contributed by atoms with van der Waals surface area (Å²) in [5.41, 5.74) is 0.441. The van der Waals surface area contributed by atoms with Crippen LogP contribution in [0.25, 0.3) is 0 Å². The van der Waals surface area contributed by atoms with Crippen LogP contribution in [0.3, 0.4) is 0 Å². The summed E-state index contributed by atoms with van der Waals surface area (Å²) < 4.78 is 32.3. The number of benzene rings is 2. The summed E-state index contributed by atoms with van der Waals surface area (Å²) in [5.74, 6) is -1.62. The predicted octanol–water partition coefficient (Wildman–Crippen LogP) is 1.66. The van der Waals surface area contributed by atoms with Gasteiger partial charge in [-0.3, -0.25) is 4.79 Å². The van der Waals surface area contributed by atoms with Gasteiger partial charge in [0.05, 0.1) is 24.5 Å². The number of carboxylic acid groups (broad SMARTS) is 1. The molecule has 0 bridgehead atoms. The Morgan fingerprint density at radius 3 is 2.19 bits per heavy atom. The molecule has 2 aromatic carbocycles. The number of morpholine rings is 1. The van der Waals surface area contributed by atoms with Crippen LogP contribution in [0, 0.1) is 0 Å². The Bertz CT molecular complexity index is 950. The van der Waals surface area contributed by atoms with E-state index in [1.54, 1.807) is 12.1 Å². The number of rotatable bonds is 5. The number of hydrogen-bond acceptors (Lipinski definition) is 5. The largest absolute Gasteiger partial charge is 0.478 e. The lowest BCUT2D eigenvalue weighted by atomic mass is 10.1. The van der Waals surface area contributed by atoms with Crippen molar-refractivity contribution in [3.63, 3.8) is 0 Å². The lowest BCUT2D eigenvalue weighted by molar-refractivity contribution is 0.0696. The minimum atomic E-state index is -3.78. The minimum absolute atomic E-state index is 0.00223. The van der Waals surface area contributed by atoms with E-state index < -0.39 is 21.9 Å². The van der Waals surface area contributed by atoms with E-state index in [0.29, 0.717) is 13.2 Å². The normalized spacial score (nSPS) is 15.3. The summed E-state index contributed by atoms with van der Waals surface area (Å²) in [6.07, 6.45) is 0. The Balaban J connectivity index is 1.85. The van der Waals surface area contributed by atoms with Gasteiger partial charge in [0, 0.05) is 18.7 Å². The highest BCUT2D eigenvalue weighted by Gasteiger charge is 2.28. The van der Waals surface area contributed by atoms with E-state index in [1.165, 1.54) is 40.7 Å². The van der Waals surface area contributed by atoms with Gasteiger partial charge in [0.25, 0.3) is 5.91 Å². The molecule has 2 N–H and O–H groups in total. The number of carbonyl (C=O) groups is 2. The van der Waals surface area contributed by atoms with Crippen molar-refractivity contribution in [2.75, 3.05) is 31.6 Å². The van der Waals surface area contributed by atoms with Gasteiger partial charge in [0.1, 0.15) is 4.90 Å². The lowest BCUT2D eigenvalue weighted by Crippen LogP contribution is -2.40. The summed E-state index contributed by atoms with van der Waals surface area (Å²) >= 11 is 0. The highest BCUT2D eigenvalue weighted by molar-refractivity contribution is 7.89. The molecule has 2 aromatic rings. The number of carbonyl (C=O) groups excluding carboxylic acids is 1. The standard InChI is InChI=1S/C18H18N2O6S/c21-17(13-5-7-14(8-6-13)18(22)23)19-15-3-1-2-4-16(15)27(24,25)20-9-11-26-12-10-20/h1-8H,9-12H2,(H,19,21)(H,22,23). The molecule has 1 heterocycles. The molecule has 0 radical (unpaired) electrons. The van der Waals surface area contributed by atoms with Gasteiger partial charge in [0.2, 0.25) is 10.0 Å². The number of amides is 1. The molecule has 0 saturated carbocycles. The van der Waals surface area contributed by atoms with Crippen LogP contribution in [-0.4, -0.2) is 56.0 Å². The number of hydrogen-bond donors (Lipinski definition) is 2. The van der Waals surface area contributed by atoms with Crippen LogP contribution in [0.4, 0.5) is 5.69 Å². The second-order valence-corrected chi connectivity index (χ2v) is 7.76. The van der Waals surface area contributed by atoms with Crippen molar-refractivity contribution >= 4 is 27.6 Å². The Morgan fingerprint density at radius 1 is 0.963 bits per heavy atom. The Hall–Kier alpha value is -2.75. The van der Waals surface area contributed by atoms with Crippen LogP contribution in [0.5, 0.6) is 0 Å². The van der Waals surface area contributed by atoms with E-state index >= 15 is 0 Å². The number of nitrogens with one attached hydrogen (secondary N) is 1. The fourth-order valence-electron chi connectivity index (χ4n) is 2.68. The zero-order valence-electron chi connectivity index (χ0n) is 14.3. The van der Waals surface area contributed by atoms with E-state index in [2.05, 4.69) is 5.32 Å². The Kier molecular flexibility index (Phi) is 5.54. The molecule has 27 heavy (non-hydrogen) atoms. The summed E-state index contributed by atoms with van der Waals surface area (Å²) in [4.78, 5) is 23.4. The molecule has 8 nitrogen and oxygen atoms in total. The second-order valence-electron chi connectivity index (χ2n) is 5.85. The van der Waals surface area contributed by atoms with Crippen molar-refractivity contribution in [3.8, 4) is 0 Å². The van der Waals surface area contributed by atoms with E-state index in [-0.39, 0.29) is 34.8 Å². The quantitative estimate of drug-likeness (QED) is 0.803. The Morgan fingerprint density at radius 2 is 1.56 bits per heavy atom. The summed E-state index contributed by atoms with van der Waals surface area (Å²) in [6, 6.07) is 11.5. The van der Waals surface area contributed by atoms with Crippen LogP contribution in [0.15, 0.2) is 53.4 Å². The molecule has 0 spiro atoms. The summed E-state index contributed by atoms with van der Waals surface area (Å²) in [7, 11) is -3.78. The zero-order valence-corrected chi connectivity index (χ0v) is 15.1. The number of ether oxygens (including phenoxy) is 1. The molecule has 1 fully saturated rings. The SMILES string of the molecule is O=C(O)c1ccc(C(=O)Nc2ccccc2S(=O)(=O)N2CCOCC2)cc1. The maximum Gasteiger partial charge on any atom is 0.335 e. The van der Waals surface area contributed by atoms with Gasteiger partial charge >= 0.3 is 5.97 Å². The summed E-state index contributed by atoms with van der Waals surface area (Å²) in [5, 5.41) is 11.5. The predicted molar refractivity (Wildman–Crippen MR) is 97.4 cm³/mol. The molecular formula is C18H18N2O6S. The lowest BCUT2D eigenvalue weighted by Gasteiger charge is -2.26. The Labute approximate surface area is 156 Å². The third kappa shape index (κ3) is 4.16. The number of carboxylic acids is 1. The molecule has 0 unspecified atom stereocenters. The molecule has 142 valence electrons. The molecule has 0 aromatic heterocycles. The molecule has 1 amide bonds. The van der Waals surface area contributed by atoms with E-state index in [4.69, 9.17) is 9.84 Å². The molecule has 0 aliphatic carbocycles. The van der Waals surface area contributed by atoms with Crippen molar-refractivity contribution in [1.82, 2.24) is 4.31 Å². The van der Waals surface area contributed by atoms with Gasteiger partial charge in [0.15, 0.2) is 0 Å². The first-order valence-corrected chi connectivity index (χ1v) is 9.65. The van der Waals surface area contributed by atoms with Gasteiger partial charge in [-0.25, -0.2) is 13.2 Å². The van der Waals surface area contributed by atoms with Gasteiger partial charge in [-0.2, -0.15) is 4.31 Å². The molecule has 0 atom stereocenters. The maximum atomic E-state index is 12.9. The number of para-hydroxylation sites is 1. The highest BCUT2D eigenvalue weighted by Crippen LogP contribution is 2.25. The fraction of sp³-hybridized carbons (Fsp3) is 0.222. The number of anilines is 1. The van der Waals surface area contributed by atoms with Crippen LogP contribution in [0.2, 0.25) is 0 Å². The molecule has 9 heteroatoms. The van der Waals surface area contributed by atoms with Crippen LogP contribution in [0.1, 0.15) is 20.7 Å². The third-order valence-electron chi connectivity index (χ3n) is 4.12. The first-order valence-electron chi connectivity index (χ1n) is 8.21. The van der Waals surface area contributed by atoms with E-state index in [9.17, 15) is 18.0 Å². The van der Waals surface area contributed by atoms with Crippen molar-refractivity contribution < 1.29 is 27.9 Å². The summed E-state index contributed by atoms with van der Waals surface area (Å²) in [6.45, 7) is 1.15. The van der Waals surface area contributed by atoms with Gasteiger partial charge < -0.3 is 15.2 Å². The smallest absolute Gasteiger partial charge is 0.335 e. The first-order chi connectivity index (χ1) is 12.9. The highest BCUT2D eigenvalue weighted by atomic mass is 32.2. The molecule has 1 saturated heterocycles.